The number of hydrogen-bond acceptors (Lipinski definition) is 2. The van der Waals surface area contributed by atoms with Crippen molar-refractivity contribution < 1.29 is 0 Å². The zero-order valence-corrected chi connectivity index (χ0v) is 4.98. The molecule has 2 rings (SSSR count). The average molecular weight is 112 g/mol. The Morgan fingerprint density at radius 3 is 1.62 bits per heavy atom. The van der Waals surface area contributed by atoms with Crippen molar-refractivity contribution in [2.45, 2.75) is 24.9 Å². The number of rotatable bonds is 0. The maximum absolute atomic E-state index is 3.46. The SMILES string of the molecule is C1CN[C@H]2CC[C@@H]2N1. The van der Waals surface area contributed by atoms with Crippen LogP contribution in [-0.4, -0.2) is 25.2 Å². The molecule has 0 radical (unpaired) electrons. The summed E-state index contributed by atoms with van der Waals surface area (Å²) in [6.45, 7) is 2.34. The van der Waals surface area contributed by atoms with E-state index in [4.69, 9.17) is 0 Å². The molecule has 1 saturated carbocycles. The van der Waals surface area contributed by atoms with Crippen LogP contribution in [-0.2, 0) is 0 Å². The normalized spacial score (nSPS) is 45.0. The lowest BCUT2D eigenvalue weighted by atomic mass is 9.85. The molecule has 0 aromatic rings. The third-order valence-electron chi connectivity index (χ3n) is 2.21. The minimum atomic E-state index is 0.823. The molecule has 0 bridgehead atoms. The number of hydrogen-bond donors (Lipinski definition) is 2. The molecule has 0 unspecified atom stereocenters. The topological polar surface area (TPSA) is 24.1 Å². The van der Waals surface area contributed by atoms with Crippen LogP contribution in [0.2, 0.25) is 0 Å². The monoisotopic (exact) mass is 112 g/mol. The molecule has 0 spiro atoms. The van der Waals surface area contributed by atoms with Crippen LogP contribution in [0.3, 0.4) is 0 Å². The molecule has 1 aliphatic heterocycles. The first-order chi connectivity index (χ1) is 3.97. The second-order valence-electron chi connectivity index (χ2n) is 2.70. The molecule has 2 heteroatoms. The van der Waals surface area contributed by atoms with Crippen molar-refractivity contribution in [3.05, 3.63) is 0 Å². The van der Waals surface area contributed by atoms with E-state index < -0.39 is 0 Å². The van der Waals surface area contributed by atoms with E-state index in [1.54, 1.807) is 0 Å². The zero-order valence-electron chi connectivity index (χ0n) is 4.98. The highest BCUT2D eigenvalue weighted by Crippen LogP contribution is 2.20. The summed E-state index contributed by atoms with van der Waals surface area (Å²) in [6.07, 6.45) is 2.77. The van der Waals surface area contributed by atoms with E-state index in [0.717, 1.165) is 12.1 Å². The predicted molar refractivity (Wildman–Crippen MR) is 32.8 cm³/mol. The summed E-state index contributed by atoms with van der Waals surface area (Å²) < 4.78 is 0. The number of fused-ring (bicyclic) bond motifs is 1. The Morgan fingerprint density at radius 2 is 1.38 bits per heavy atom. The van der Waals surface area contributed by atoms with Gasteiger partial charge in [-0.3, -0.25) is 0 Å². The Hall–Kier alpha value is -0.0800. The van der Waals surface area contributed by atoms with E-state index >= 15 is 0 Å². The van der Waals surface area contributed by atoms with Gasteiger partial charge >= 0.3 is 0 Å². The van der Waals surface area contributed by atoms with Crippen molar-refractivity contribution in [1.82, 2.24) is 10.6 Å². The lowest BCUT2D eigenvalue weighted by Gasteiger charge is -2.41. The zero-order chi connectivity index (χ0) is 5.40. The molecule has 2 N–H and O–H groups in total. The van der Waals surface area contributed by atoms with Gasteiger partial charge in [0.15, 0.2) is 0 Å². The summed E-state index contributed by atoms with van der Waals surface area (Å²) in [5, 5.41) is 6.91. The second-order valence-corrected chi connectivity index (χ2v) is 2.70. The van der Waals surface area contributed by atoms with Crippen LogP contribution in [0.1, 0.15) is 12.8 Å². The van der Waals surface area contributed by atoms with Gasteiger partial charge in [0.2, 0.25) is 0 Å². The fraction of sp³-hybridized carbons (Fsp3) is 1.00. The minimum Gasteiger partial charge on any atom is -0.311 e. The maximum Gasteiger partial charge on any atom is 0.0222 e. The van der Waals surface area contributed by atoms with Crippen LogP contribution in [0, 0.1) is 0 Å². The van der Waals surface area contributed by atoms with Crippen molar-refractivity contribution in [1.29, 1.82) is 0 Å². The third-order valence-corrected chi connectivity index (χ3v) is 2.21. The molecule has 46 valence electrons. The van der Waals surface area contributed by atoms with E-state index in [-0.39, 0.29) is 0 Å². The fourth-order valence-corrected chi connectivity index (χ4v) is 1.50. The molecule has 2 aliphatic rings. The van der Waals surface area contributed by atoms with Gasteiger partial charge in [-0.25, -0.2) is 0 Å². The third kappa shape index (κ3) is 0.565. The van der Waals surface area contributed by atoms with Gasteiger partial charge in [-0.05, 0) is 12.8 Å². The van der Waals surface area contributed by atoms with Gasteiger partial charge in [0.1, 0.15) is 0 Å². The summed E-state index contributed by atoms with van der Waals surface area (Å²) in [5.74, 6) is 0. The van der Waals surface area contributed by atoms with Gasteiger partial charge in [-0.1, -0.05) is 0 Å². The lowest BCUT2D eigenvalue weighted by Crippen LogP contribution is -2.61. The van der Waals surface area contributed by atoms with Gasteiger partial charge in [-0.15, -0.1) is 0 Å². The van der Waals surface area contributed by atoms with E-state index in [1.807, 2.05) is 0 Å². The van der Waals surface area contributed by atoms with Crippen molar-refractivity contribution in [3.63, 3.8) is 0 Å². The molecule has 2 fully saturated rings. The Bertz CT molecular complexity index is 80.5. The average Bonchev–Trinajstić information content (AvgIpc) is 1.72. The van der Waals surface area contributed by atoms with Crippen LogP contribution in [0.25, 0.3) is 0 Å². The van der Waals surface area contributed by atoms with E-state index in [1.165, 1.54) is 25.9 Å². The molecule has 0 amide bonds. The van der Waals surface area contributed by atoms with Crippen LogP contribution < -0.4 is 10.6 Å². The van der Waals surface area contributed by atoms with Crippen molar-refractivity contribution >= 4 is 0 Å². The molecular formula is C6H12N2. The highest BCUT2D eigenvalue weighted by Gasteiger charge is 2.31. The predicted octanol–water partition coefficient (Wildman–Crippen LogP) is -0.290. The Labute approximate surface area is 49.7 Å². The highest BCUT2D eigenvalue weighted by atomic mass is 15.1. The van der Waals surface area contributed by atoms with Gasteiger partial charge in [0.05, 0.1) is 0 Å². The van der Waals surface area contributed by atoms with E-state index in [9.17, 15) is 0 Å². The molecular weight excluding hydrogens is 100 g/mol. The Balaban J connectivity index is 1.92. The van der Waals surface area contributed by atoms with Crippen molar-refractivity contribution in [2.24, 2.45) is 0 Å². The molecule has 0 aromatic heterocycles. The van der Waals surface area contributed by atoms with E-state index in [2.05, 4.69) is 10.6 Å². The molecule has 1 aliphatic carbocycles. The molecule has 2 nitrogen and oxygen atoms in total. The summed E-state index contributed by atoms with van der Waals surface area (Å²) in [6, 6.07) is 1.65. The molecule has 2 atom stereocenters. The van der Waals surface area contributed by atoms with Gasteiger partial charge in [0.25, 0.3) is 0 Å². The quantitative estimate of drug-likeness (QED) is 0.450. The summed E-state index contributed by atoms with van der Waals surface area (Å²) in [4.78, 5) is 0. The minimum absolute atomic E-state index is 0.823. The van der Waals surface area contributed by atoms with Crippen molar-refractivity contribution in [2.75, 3.05) is 13.1 Å². The van der Waals surface area contributed by atoms with Crippen molar-refractivity contribution in [3.8, 4) is 0 Å². The first kappa shape index (κ1) is 4.77. The van der Waals surface area contributed by atoms with Crippen LogP contribution >= 0.6 is 0 Å². The Morgan fingerprint density at radius 1 is 0.875 bits per heavy atom. The molecule has 1 saturated heterocycles. The summed E-state index contributed by atoms with van der Waals surface area (Å²) in [7, 11) is 0. The molecule has 0 aromatic carbocycles. The first-order valence-corrected chi connectivity index (χ1v) is 3.43. The van der Waals surface area contributed by atoms with Crippen LogP contribution in [0.15, 0.2) is 0 Å². The van der Waals surface area contributed by atoms with Crippen LogP contribution in [0.5, 0.6) is 0 Å². The number of piperazine rings is 1. The molecule has 1 heterocycles. The van der Waals surface area contributed by atoms with Gasteiger partial charge < -0.3 is 10.6 Å². The number of nitrogens with one attached hydrogen (secondary N) is 2. The van der Waals surface area contributed by atoms with E-state index in [0.29, 0.717) is 0 Å². The fourth-order valence-electron chi connectivity index (χ4n) is 1.50. The molecule has 8 heavy (non-hydrogen) atoms. The second kappa shape index (κ2) is 1.71. The maximum atomic E-state index is 3.46. The standard InChI is InChI=1S/C6H12N2/c1-2-6-5(1)7-3-4-8-6/h5-8H,1-4H2/t5-,6-/m0/s1. The Kier molecular flexibility index (Phi) is 1.02. The largest absolute Gasteiger partial charge is 0.311 e. The van der Waals surface area contributed by atoms with Crippen LogP contribution in [0.4, 0.5) is 0 Å². The smallest absolute Gasteiger partial charge is 0.0222 e. The lowest BCUT2D eigenvalue weighted by molar-refractivity contribution is 0.206. The van der Waals surface area contributed by atoms with Gasteiger partial charge in [-0.2, -0.15) is 0 Å². The summed E-state index contributed by atoms with van der Waals surface area (Å²) >= 11 is 0. The first-order valence-electron chi connectivity index (χ1n) is 3.43. The van der Waals surface area contributed by atoms with Gasteiger partial charge in [0, 0.05) is 25.2 Å². The highest BCUT2D eigenvalue weighted by molar-refractivity contribution is 4.95. The summed E-state index contributed by atoms with van der Waals surface area (Å²) in [5.41, 5.74) is 0.